The van der Waals surface area contributed by atoms with Gasteiger partial charge in [-0.3, -0.25) is 4.79 Å². The molecule has 0 saturated carbocycles. The van der Waals surface area contributed by atoms with E-state index in [1.807, 2.05) is 20.8 Å². The molecule has 0 amide bonds. The highest BCUT2D eigenvalue weighted by Gasteiger charge is 2.27. The van der Waals surface area contributed by atoms with Gasteiger partial charge in [0.2, 0.25) is 0 Å². The first kappa shape index (κ1) is 33.9. The number of hydrogen-bond donors (Lipinski definition) is 2. The molecule has 0 saturated heterocycles. The second kappa shape index (κ2) is 14.7. The SMILES string of the molecule is COC(=O)c1cc(CO)ccc1-c1cc(OC)ccc1F.COc1ccc(F)c(-c2ccc(CO)cc2C(=O)C(C)(C)C)c1. The Morgan fingerprint density at radius 1 is 0.636 bits per heavy atom. The fourth-order valence-electron chi connectivity index (χ4n) is 4.40. The van der Waals surface area contributed by atoms with Crippen LogP contribution in [0.4, 0.5) is 8.78 Å². The van der Waals surface area contributed by atoms with E-state index in [0.29, 0.717) is 44.9 Å². The monoisotopic (exact) mass is 606 g/mol. The Morgan fingerprint density at radius 2 is 1.07 bits per heavy atom. The van der Waals surface area contributed by atoms with Crippen molar-refractivity contribution in [3.05, 3.63) is 107 Å². The molecule has 9 heteroatoms. The van der Waals surface area contributed by atoms with Crippen LogP contribution in [0, 0.1) is 17.0 Å². The normalized spacial score (nSPS) is 10.9. The molecule has 44 heavy (non-hydrogen) atoms. The predicted octanol–water partition coefficient (Wildman–Crippen LogP) is 7.00. The zero-order valence-electron chi connectivity index (χ0n) is 25.5. The van der Waals surface area contributed by atoms with E-state index in [0.717, 1.165) is 0 Å². The van der Waals surface area contributed by atoms with Crippen molar-refractivity contribution >= 4 is 11.8 Å². The number of ketones is 1. The summed E-state index contributed by atoms with van der Waals surface area (Å²) in [6, 6.07) is 18.4. The van der Waals surface area contributed by atoms with Crippen LogP contribution >= 0.6 is 0 Å². The topological polar surface area (TPSA) is 102 Å². The maximum absolute atomic E-state index is 14.3. The minimum Gasteiger partial charge on any atom is -0.497 e. The van der Waals surface area contributed by atoms with Crippen molar-refractivity contribution in [2.24, 2.45) is 5.41 Å². The molecule has 4 aromatic rings. The number of Topliss-reactive ketones (excluding diaryl/α,β-unsaturated/α-hetero) is 1. The van der Waals surface area contributed by atoms with Gasteiger partial charge in [-0.1, -0.05) is 45.0 Å². The Morgan fingerprint density at radius 3 is 1.45 bits per heavy atom. The third kappa shape index (κ3) is 7.86. The van der Waals surface area contributed by atoms with Crippen LogP contribution in [0.15, 0.2) is 72.8 Å². The van der Waals surface area contributed by atoms with Gasteiger partial charge in [0.1, 0.15) is 23.1 Å². The molecule has 0 bridgehead atoms. The highest BCUT2D eigenvalue weighted by atomic mass is 19.1. The minimum absolute atomic E-state index is 0.106. The molecule has 2 N–H and O–H groups in total. The lowest BCUT2D eigenvalue weighted by atomic mass is 9.82. The highest BCUT2D eigenvalue weighted by Crippen LogP contribution is 2.34. The molecule has 0 aromatic heterocycles. The van der Waals surface area contributed by atoms with Crippen molar-refractivity contribution in [3.8, 4) is 33.8 Å². The summed E-state index contributed by atoms with van der Waals surface area (Å²) in [5.74, 6) is -0.606. The number of benzene rings is 4. The van der Waals surface area contributed by atoms with E-state index >= 15 is 0 Å². The number of esters is 1. The molecule has 0 aliphatic rings. The molecule has 4 aromatic carbocycles. The summed E-state index contributed by atoms with van der Waals surface area (Å²) in [6.07, 6.45) is 0. The van der Waals surface area contributed by atoms with Gasteiger partial charge in [0.25, 0.3) is 0 Å². The maximum atomic E-state index is 14.3. The second-order valence-corrected chi connectivity index (χ2v) is 10.8. The number of halogens is 2. The van der Waals surface area contributed by atoms with Crippen LogP contribution in [-0.4, -0.2) is 43.3 Å². The van der Waals surface area contributed by atoms with Crippen LogP contribution in [0.2, 0.25) is 0 Å². The Hall–Kier alpha value is -4.60. The summed E-state index contributed by atoms with van der Waals surface area (Å²) in [7, 11) is 4.24. The standard InChI is InChI=1S/C19H21FO3.C16H15FO4/c1-19(2,3)18(22)16-9-12(11-21)5-7-14(16)15-10-13(23-4)6-8-17(15)20;1-20-11-4-6-15(17)13(8-11)12-5-3-10(9-18)7-14(12)16(19)21-2/h5-10,21H,11H2,1-4H3;3-8,18H,9H2,1-2H3. The van der Waals surface area contributed by atoms with Gasteiger partial charge in [0, 0.05) is 22.1 Å². The summed E-state index contributed by atoms with van der Waals surface area (Å²) >= 11 is 0. The molecular formula is C35H36F2O7. The molecule has 0 fully saturated rings. The fourth-order valence-corrected chi connectivity index (χ4v) is 4.40. The zero-order chi connectivity index (χ0) is 32.6. The maximum Gasteiger partial charge on any atom is 0.338 e. The van der Waals surface area contributed by atoms with Crippen LogP contribution in [0.5, 0.6) is 11.5 Å². The number of aliphatic hydroxyl groups is 2. The summed E-state index contributed by atoms with van der Waals surface area (Å²) in [5.41, 5.74) is 2.56. The van der Waals surface area contributed by atoms with Gasteiger partial charge in [-0.15, -0.1) is 0 Å². The van der Waals surface area contributed by atoms with Gasteiger partial charge in [-0.2, -0.15) is 0 Å². The van der Waals surface area contributed by atoms with Crippen LogP contribution in [0.1, 0.15) is 52.6 Å². The fraction of sp³-hybridized carbons (Fsp3) is 0.257. The first-order valence-electron chi connectivity index (χ1n) is 13.7. The molecule has 0 heterocycles. The Balaban J connectivity index is 0.000000241. The van der Waals surface area contributed by atoms with E-state index in [2.05, 4.69) is 0 Å². The van der Waals surface area contributed by atoms with Crippen LogP contribution in [-0.2, 0) is 18.0 Å². The summed E-state index contributed by atoms with van der Waals surface area (Å²) < 4.78 is 43.3. The number of carbonyl (C=O) groups excluding carboxylic acids is 2. The molecular weight excluding hydrogens is 570 g/mol. The number of methoxy groups -OCH3 is 3. The molecule has 0 aliphatic heterocycles. The van der Waals surface area contributed by atoms with Gasteiger partial charge in [0.05, 0.1) is 40.1 Å². The quantitative estimate of drug-likeness (QED) is 0.164. The zero-order valence-corrected chi connectivity index (χ0v) is 25.5. The Bertz CT molecular complexity index is 1640. The summed E-state index contributed by atoms with van der Waals surface area (Å²) in [5, 5.41) is 18.5. The van der Waals surface area contributed by atoms with Gasteiger partial charge in [0.15, 0.2) is 5.78 Å². The van der Waals surface area contributed by atoms with E-state index in [1.165, 1.54) is 57.7 Å². The molecule has 0 atom stereocenters. The molecule has 4 rings (SSSR count). The van der Waals surface area contributed by atoms with Gasteiger partial charge in [-0.05, 0) is 70.8 Å². The van der Waals surface area contributed by atoms with E-state index in [4.69, 9.17) is 19.3 Å². The lowest BCUT2D eigenvalue weighted by molar-refractivity contribution is 0.0601. The average Bonchev–Trinajstić information content (AvgIpc) is 3.03. The molecule has 0 unspecified atom stereocenters. The molecule has 0 radical (unpaired) electrons. The van der Waals surface area contributed by atoms with Crippen LogP contribution < -0.4 is 9.47 Å². The first-order chi connectivity index (χ1) is 20.9. The first-order valence-corrected chi connectivity index (χ1v) is 13.7. The van der Waals surface area contributed by atoms with Gasteiger partial charge < -0.3 is 24.4 Å². The van der Waals surface area contributed by atoms with E-state index in [-0.39, 0.29) is 30.1 Å². The van der Waals surface area contributed by atoms with Gasteiger partial charge in [-0.25, -0.2) is 13.6 Å². The van der Waals surface area contributed by atoms with Crippen molar-refractivity contribution in [1.82, 2.24) is 0 Å². The second-order valence-electron chi connectivity index (χ2n) is 10.8. The van der Waals surface area contributed by atoms with Gasteiger partial charge >= 0.3 is 5.97 Å². The summed E-state index contributed by atoms with van der Waals surface area (Å²) in [6.45, 7) is 5.04. The molecule has 0 spiro atoms. The van der Waals surface area contributed by atoms with Crippen molar-refractivity contribution in [3.63, 3.8) is 0 Å². The predicted molar refractivity (Wildman–Crippen MR) is 164 cm³/mol. The number of carbonyl (C=O) groups is 2. The van der Waals surface area contributed by atoms with E-state index in [9.17, 15) is 23.5 Å². The number of rotatable bonds is 8. The summed E-state index contributed by atoms with van der Waals surface area (Å²) in [4.78, 5) is 24.6. The number of aliphatic hydroxyl groups excluding tert-OH is 2. The number of hydrogen-bond acceptors (Lipinski definition) is 7. The van der Waals surface area contributed by atoms with E-state index < -0.39 is 23.0 Å². The third-order valence-corrected chi connectivity index (χ3v) is 6.79. The van der Waals surface area contributed by atoms with Crippen molar-refractivity contribution < 1.29 is 42.8 Å². The molecule has 7 nitrogen and oxygen atoms in total. The lowest BCUT2D eigenvalue weighted by Gasteiger charge is -2.20. The van der Waals surface area contributed by atoms with Crippen LogP contribution in [0.3, 0.4) is 0 Å². The molecule has 0 aliphatic carbocycles. The highest BCUT2D eigenvalue weighted by molar-refractivity contribution is 6.05. The molecule has 232 valence electrons. The smallest absolute Gasteiger partial charge is 0.338 e. The van der Waals surface area contributed by atoms with Crippen molar-refractivity contribution in [2.45, 2.75) is 34.0 Å². The Kier molecular flexibility index (Phi) is 11.3. The lowest BCUT2D eigenvalue weighted by Crippen LogP contribution is -2.21. The van der Waals surface area contributed by atoms with Crippen LogP contribution in [0.25, 0.3) is 22.3 Å². The number of ether oxygens (including phenoxy) is 3. The van der Waals surface area contributed by atoms with Crippen molar-refractivity contribution in [2.75, 3.05) is 21.3 Å². The largest absolute Gasteiger partial charge is 0.497 e. The third-order valence-electron chi connectivity index (χ3n) is 6.79. The van der Waals surface area contributed by atoms with Crippen molar-refractivity contribution in [1.29, 1.82) is 0 Å². The minimum atomic E-state index is -0.613. The van der Waals surface area contributed by atoms with E-state index in [1.54, 1.807) is 36.4 Å². The Labute approximate surface area is 255 Å². The average molecular weight is 607 g/mol.